The molecule has 1 heterocycles. The molecule has 0 saturated heterocycles. The molecule has 0 aliphatic heterocycles. The summed E-state index contributed by atoms with van der Waals surface area (Å²) < 4.78 is 0. The topological polar surface area (TPSA) is 24.9 Å². The molecule has 2 saturated carbocycles. The van der Waals surface area contributed by atoms with Crippen LogP contribution in [0.1, 0.15) is 80.8 Å². The van der Waals surface area contributed by atoms with Gasteiger partial charge in [0.1, 0.15) is 0 Å². The van der Waals surface area contributed by atoms with Crippen molar-refractivity contribution in [1.82, 2.24) is 10.3 Å². The van der Waals surface area contributed by atoms with Crippen LogP contribution in [0.5, 0.6) is 0 Å². The Morgan fingerprint density at radius 1 is 1.16 bits per heavy atom. The highest BCUT2D eigenvalue weighted by molar-refractivity contribution is 7.11. The van der Waals surface area contributed by atoms with Crippen LogP contribution in [0.25, 0.3) is 0 Å². The van der Waals surface area contributed by atoms with Gasteiger partial charge in [-0.05, 0) is 25.7 Å². The molecular weight excluding hydrogens is 252 g/mol. The van der Waals surface area contributed by atoms with E-state index in [0.717, 1.165) is 18.5 Å². The summed E-state index contributed by atoms with van der Waals surface area (Å²) in [5.41, 5.74) is 1.61. The van der Waals surface area contributed by atoms with Gasteiger partial charge in [-0.1, -0.05) is 33.6 Å². The van der Waals surface area contributed by atoms with E-state index in [0.29, 0.717) is 0 Å². The molecule has 3 heteroatoms. The van der Waals surface area contributed by atoms with Crippen molar-refractivity contribution in [1.29, 1.82) is 0 Å². The highest BCUT2D eigenvalue weighted by atomic mass is 32.1. The molecule has 1 aromatic rings. The molecule has 3 rings (SSSR count). The van der Waals surface area contributed by atoms with Crippen molar-refractivity contribution in [2.45, 2.75) is 83.2 Å². The molecule has 2 fully saturated rings. The van der Waals surface area contributed by atoms with Gasteiger partial charge >= 0.3 is 0 Å². The second-order valence-corrected chi connectivity index (χ2v) is 8.30. The molecule has 2 aliphatic rings. The third kappa shape index (κ3) is 3.19. The van der Waals surface area contributed by atoms with E-state index in [9.17, 15) is 0 Å². The molecule has 0 atom stereocenters. The number of rotatable bonds is 4. The molecule has 1 N–H and O–H groups in total. The van der Waals surface area contributed by atoms with Crippen LogP contribution in [-0.2, 0) is 12.0 Å². The van der Waals surface area contributed by atoms with E-state index >= 15 is 0 Å². The van der Waals surface area contributed by atoms with Crippen LogP contribution in [0.4, 0.5) is 0 Å². The van der Waals surface area contributed by atoms with Crippen molar-refractivity contribution in [3.63, 3.8) is 0 Å². The van der Waals surface area contributed by atoms with Crippen LogP contribution >= 0.6 is 11.3 Å². The molecule has 19 heavy (non-hydrogen) atoms. The second-order valence-electron chi connectivity index (χ2n) is 7.21. The number of hydrogen-bond donors (Lipinski definition) is 1. The second kappa shape index (κ2) is 5.17. The average molecular weight is 278 g/mol. The van der Waals surface area contributed by atoms with E-state index in [1.165, 1.54) is 54.1 Å². The Morgan fingerprint density at radius 2 is 1.84 bits per heavy atom. The summed E-state index contributed by atoms with van der Waals surface area (Å²) in [5.74, 6) is 0.771. The molecule has 0 amide bonds. The highest BCUT2D eigenvalue weighted by Crippen LogP contribution is 2.44. The van der Waals surface area contributed by atoms with Crippen LogP contribution in [0.2, 0.25) is 0 Å². The molecule has 1 aromatic heterocycles. The number of aromatic nitrogens is 1. The molecule has 0 spiro atoms. The average Bonchev–Trinajstić information content (AvgIpc) is 2.90. The minimum atomic E-state index is 0.194. The molecule has 0 unspecified atom stereocenters. The Morgan fingerprint density at radius 3 is 2.42 bits per heavy atom. The summed E-state index contributed by atoms with van der Waals surface area (Å²) >= 11 is 1.94. The predicted octanol–water partition coefficient (Wildman–Crippen LogP) is 4.35. The maximum atomic E-state index is 4.97. The summed E-state index contributed by atoms with van der Waals surface area (Å²) in [6.45, 7) is 7.87. The zero-order chi connectivity index (χ0) is 13.5. The lowest BCUT2D eigenvalue weighted by molar-refractivity contribution is 0.525. The van der Waals surface area contributed by atoms with Gasteiger partial charge in [-0.15, -0.1) is 11.3 Å². The van der Waals surface area contributed by atoms with Gasteiger partial charge in [0.15, 0.2) is 0 Å². The molecule has 0 radical (unpaired) electrons. The molecule has 2 aliphatic carbocycles. The van der Waals surface area contributed by atoms with Gasteiger partial charge in [0.2, 0.25) is 0 Å². The predicted molar refractivity (Wildman–Crippen MR) is 81.9 cm³/mol. The van der Waals surface area contributed by atoms with Gasteiger partial charge in [0, 0.05) is 28.8 Å². The smallest absolute Gasteiger partial charge is 0.0985 e. The van der Waals surface area contributed by atoms with Crippen molar-refractivity contribution in [2.24, 2.45) is 0 Å². The monoisotopic (exact) mass is 278 g/mol. The van der Waals surface area contributed by atoms with Gasteiger partial charge in [-0.25, -0.2) is 4.98 Å². The van der Waals surface area contributed by atoms with Crippen LogP contribution < -0.4 is 5.32 Å². The molecule has 0 aromatic carbocycles. The van der Waals surface area contributed by atoms with Crippen molar-refractivity contribution >= 4 is 11.3 Å². The first-order valence-electron chi connectivity index (χ1n) is 7.77. The summed E-state index contributed by atoms with van der Waals surface area (Å²) in [5, 5.41) is 5.07. The minimum absolute atomic E-state index is 0.194. The summed E-state index contributed by atoms with van der Waals surface area (Å²) in [7, 11) is 0. The third-order valence-corrected chi connectivity index (χ3v) is 5.74. The van der Waals surface area contributed by atoms with Gasteiger partial charge in [-0.3, -0.25) is 0 Å². The Balaban J connectivity index is 1.72. The number of nitrogens with one attached hydrogen (secondary N) is 1. The fourth-order valence-corrected chi connectivity index (χ4v) is 4.01. The fraction of sp³-hybridized carbons (Fsp3) is 0.812. The SMILES string of the molecule is CC(C)(C)c1nc(C2CC2)c(CNC2CCCC2)s1. The summed E-state index contributed by atoms with van der Waals surface area (Å²) in [4.78, 5) is 6.48. The van der Waals surface area contributed by atoms with Crippen molar-refractivity contribution < 1.29 is 0 Å². The number of hydrogen-bond acceptors (Lipinski definition) is 3. The molecule has 0 bridgehead atoms. The maximum Gasteiger partial charge on any atom is 0.0985 e. The zero-order valence-electron chi connectivity index (χ0n) is 12.5. The van der Waals surface area contributed by atoms with Gasteiger partial charge in [0.25, 0.3) is 0 Å². The molecule has 106 valence electrons. The quantitative estimate of drug-likeness (QED) is 0.885. The highest BCUT2D eigenvalue weighted by Gasteiger charge is 2.31. The largest absolute Gasteiger partial charge is 0.309 e. The van der Waals surface area contributed by atoms with Crippen LogP contribution in [-0.4, -0.2) is 11.0 Å². The van der Waals surface area contributed by atoms with E-state index in [1.807, 2.05) is 11.3 Å². The van der Waals surface area contributed by atoms with Crippen molar-refractivity contribution in [3.8, 4) is 0 Å². The van der Waals surface area contributed by atoms with Gasteiger partial charge in [0.05, 0.1) is 10.7 Å². The Hall–Kier alpha value is -0.410. The van der Waals surface area contributed by atoms with E-state index in [4.69, 9.17) is 4.98 Å². The lowest BCUT2D eigenvalue weighted by Crippen LogP contribution is -2.25. The fourth-order valence-electron chi connectivity index (χ4n) is 2.85. The molecule has 2 nitrogen and oxygen atoms in total. The minimum Gasteiger partial charge on any atom is -0.309 e. The Labute approximate surface area is 121 Å². The first-order valence-corrected chi connectivity index (χ1v) is 8.59. The third-order valence-electron chi connectivity index (χ3n) is 4.24. The lowest BCUT2D eigenvalue weighted by Gasteiger charge is -2.13. The standard InChI is InChI=1S/C16H26N2S/c1-16(2,3)15-18-14(11-8-9-11)13(19-15)10-17-12-6-4-5-7-12/h11-12,17H,4-10H2,1-3H3. The van der Waals surface area contributed by atoms with Gasteiger partial charge < -0.3 is 5.32 Å². The van der Waals surface area contributed by atoms with Crippen LogP contribution in [0, 0.1) is 0 Å². The van der Waals surface area contributed by atoms with E-state index in [1.54, 1.807) is 0 Å². The van der Waals surface area contributed by atoms with Crippen molar-refractivity contribution in [3.05, 3.63) is 15.6 Å². The zero-order valence-corrected chi connectivity index (χ0v) is 13.3. The van der Waals surface area contributed by atoms with Crippen LogP contribution in [0.3, 0.4) is 0 Å². The van der Waals surface area contributed by atoms with E-state index in [2.05, 4.69) is 26.1 Å². The van der Waals surface area contributed by atoms with E-state index < -0.39 is 0 Å². The van der Waals surface area contributed by atoms with E-state index in [-0.39, 0.29) is 5.41 Å². The lowest BCUT2D eigenvalue weighted by atomic mass is 9.98. The number of thiazole rings is 1. The first-order chi connectivity index (χ1) is 9.04. The summed E-state index contributed by atoms with van der Waals surface area (Å²) in [6, 6.07) is 0.757. The van der Waals surface area contributed by atoms with Gasteiger partial charge in [-0.2, -0.15) is 0 Å². The Kier molecular flexibility index (Phi) is 3.69. The normalized spacial score (nSPS) is 21.2. The summed E-state index contributed by atoms with van der Waals surface area (Å²) in [6.07, 6.45) is 8.24. The number of nitrogens with zero attached hydrogens (tertiary/aromatic N) is 1. The Bertz CT molecular complexity index is 434. The first kappa shape index (κ1) is 13.6. The maximum absolute atomic E-state index is 4.97. The van der Waals surface area contributed by atoms with Crippen LogP contribution in [0.15, 0.2) is 0 Å². The molecular formula is C16H26N2S. The van der Waals surface area contributed by atoms with Crippen molar-refractivity contribution in [2.75, 3.05) is 0 Å².